The monoisotopic (exact) mass is 293 g/mol. The summed E-state index contributed by atoms with van der Waals surface area (Å²) in [6, 6.07) is 7.97. The normalized spacial score (nSPS) is 21.5. The van der Waals surface area contributed by atoms with Crippen molar-refractivity contribution >= 4 is 0 Å². The maximum absolute atomic E-state index is 10.1. The first-order valence-electron chi connectivity index (χ1n) is 7.86. The number of hydrogen-bond acceptors (Lipinski definition) is 4. The van der Waals surface area contributed by atoms with Crippen LogP contribution in [0.5, 0.6) is 5.75 Å². The summed E-state index contributed by atoms with van der Waals surface area (Å²) in [5.41, 5.74) is 1.16. The Morgan fingerprint density at radius 3 is 2.81 bits per heavy atom. The highest BCUT2D eigenvalue weighted by atomic mass is 16.5. The molecule has 1 saturated heterocycles. The van der Waals surface area contributed by atoms with E-state index in [1.54, 1.807) is 0 Å². The predicted molar refractivity (Wildman–Crippen MR) is 83.7 cm³/mol. The molecule has 21 heavy (non-hydrogen) atoms. The summed E-state index contributed by atoms with van der Waals surface area (Å²) in [6.45, 7) is 6.70. The van der Waals surface area contributed by atoms with Crippen molar-refractivity contribution in [1.82, 2.24) is 4.90 Å². The molecule has 2 rings (SSSR count). The first-order valence-corrected chi connectivity index (χ1v) is 7.86. The molecule has 2 unspecified atom stereocenters. The number of nitrogens with zero attached hydrogens (tertiary/aromatic N) is 1. The Labute approximate surface area is 127 Å². The Bertz CT molecular complexity index is 436. The van der Waals surface area contributed by atoms with Crippen molar-refractivity contribution in [1.29, 1.82) is 0 Å². The molecule has 4 heteroatoms. The van der Waals surface area contributed by atoms with Crippen LogP contribution in [0.4, 0.5) is 0 Å². The molecule has 0 amide bonds. The smallest absolute Gasteiger partial charge is 0.122 e. The standard InChI is InChI=1S/C17H27NO3/c1-13(2)16-7-3-4-8-17(16)21-12-15(20)11-18-9-5-6-14(19)10-18/h3-4,7-8,13-15,19-20H,5-6,9-12H2,1-2H3. The van der Waals surface area contributed by atoms with Gasteiger partial charge in [-0.05, 0) is 36.9 Å². The molecule has 0 radical (unpaired) electrons. The third kappa shape index (κ3) is 4.99. The van der Waals surface area contributed by atoms with Crippen molar-refractivity contribution in [2.45, 2.75) is 44.8 Å². The van der Waals surface area contributed by atoms with Gasteiger partial charge >= 0.3 is 0 Å². The molecular weight excluding hydrogens is 266 g/mol. The second-order valence-electron chi connectivity index (χ2n) is 6.21. The zero-order valence-corrected chi connectivity index (χ0v) is 13.0. The molecule has 0 saturated carbocycles. The van der Waals surface area contributed by atoms with E-state index in [0.717, 1.165) is 30.7 Å². The molecular formula is C17H27NO3. The van der Waals surface area contributed by atoms with Gasteiger partial charge in [0.05, 0.1) is 6.10 Å². The van der Waals surface area contributed by atoms with Crippen LogP contribution in [-0.2, 0) is 0 Å². The minimum atomic E-state index is -0.532. The number of ether oxygens (including phenoxy) is 1. The SMILES string of the molecule is CC(C)c1ccccc1OCC(O)CN1CCCC(O)C1. The molecule has 1 heterocycles. The van der Waals surface area contributed by atoms with E-state index in [9.17, 15) is 10.2 Å². The molecule has 1 fully saturated rings. The van der Waals surface area contributed by atoms with Gasteiger partial charge in [-0.2, -0.15) is 0 Å². The van der Waals surface area contributed by atoms with Crippen molar-refractivity contribution in [3.05, 3.63) is 29.8 Å². The van der Waals surface area contributed by atoms with Gasteiger partial charge in [0.25, 0.3) is 0 Å². The number of para-hydroxylation sites is 1. The van der Waals surface area contributed by atoms with E-state index in [4.69, 9.17) is 4.74 Å². The lowest BCUT2D eigenvalue weighted by Gasteiger charge is -2.31. The quantitative estimate of drug-likeness (QED) is 0.842. The minimum Gasteiger partial charge on any atom is -0.491 e. The van der Waals surface area contributed by atoms with Crippen molar-refractivity contribution in [3.8, 4) is 5.75 Å². The first-order chi connectivity index (χ1) is 10.1. The van der Waals surface area contributed by atoms with Gasteiger partial charge in [0.15, 0.2) is 0 Å². The van der Waals surface area contributed by atoms with Crippen molar-refractivity contribution < 1.29 is 14.9 Å². The Hall–Kier alpha value is -1.10. The Kier molecular flexibility index (Phi) is 6.03. The molecule has 0 spiro atoms. The van der Waals surface area contributed by atoms with Gasteiger partial charge in [-0.3, -0.25) is 4.90 Å². The molecule has 2 N–H and O–H groups in total. The molecule has 1 aromatic rings. The largest absolute Gasteiger partial charge is 0.491 e. The molecule has 2 atom stereocenters. The second kappa shape index (κ2) is 7.78. The van der Waals surface area contributed by atoms with Crippen LogP contribution in [0.2, 0.25) is 0 Å². The number of likely N-dealkylation sites (tertiary alicyclic amines) is 1. The Morgan fingerprint density at radius 2 is 2.10 bits per heavy atom. The van der Waals surface area contributed by atoms with Gasteiger partial charge < -0.3 is 14.9 Å². The van der Waals surface area contributed by atoms with E-state index in [1.165, 1.54) is 0 Å². The van der Waals surface area contributed by atoms with Crippen LogP contribution in [-0.4, -0.2) is 53.6 Å². The van der Waals surface area contributed by atoms with Crippen molar-refractivity contribution in [2.24, 2.45) is 0 Å². The topological polar surface area (TPSA) is 52.9 Å². The third-order valence-electron chi connectivity index (χ3n) is 3.92. The van der Waals surface area contributed by atoms with Crippen LogP contribution < -0.4 is 4.74 Å². The average Bonchev–Trinajstić information content (AvgIpc) is 2.45. The van der Waals surface area contributed by atoms with E-state index in [1.807, 2.05) is 18.2 Å². The van der Waals surface area contributed by atoms with Crippen LogP contribution in [0.25, 0.3) is 0 Å². The van der Waals surface area contributed by atoms with E-state index in [2.05, 4.69) is 24.8 Å². The van der Waals surface area contributed by atoms with E-state index < -0.39 is 6.10 Å². The molecule has 1 aliphatic heterocycles. The lowest BCUT2D eigenvalue weighted by atomic mass is 10.0. The number of hydrogen-bond donors (Lipinski definition) is 2. The number of aliphatic hydroxyl groups excluding tert-OH is 2. The number of benzene rings is 1. The van der Waals surface area contributed by atoms with Crippen molar-refractivity contribution in [3.63, 3.8) is 0 Å². The molecule has 4 nitrogen and oxygen atoms in total. The second-order valence-corrected chi connectivity index (χ2v) is 6.21. The first kappa shape index (κ1) is 16.3. The van der Waals surface area contributed by atoms with Gasteiger partial charge in [0, 0.05) is 13.1 Å². The third-order valence-corrected chi connectivity index (χ3v) is 3.92. The summed E-state index contributed by atoms with van der Waals surface area (Å²) in [4.78, 5) is 2.11. The molecule has 1 aliphatic rings. The Balaban J connectivity index is 1.82. The zero-order valence-electron chi connectivity index (χ0n) is 13.0. The van der Waals surface area contributed by atoms with Crippen LogP contribution in [0.15, 0.2) is 24.3 Å². The fourth-order valence-electron chi connectivity index (χ4n) is 2.82. The molecule has 0 aliphatic carbocycles. The fraction of sp³-hybridized carbons (Fsp3) is 0.647. The van der Waals surface area contributed by atoms with Crippen LogP contribution in [0.1, 0.15) is 38.2 Å². The minimum absolute atomic E-state index is 0.256. The fourth-order valence-corrected chi connectivity index (χ4v) is 2.82. The number of rotatable bonds is 6. The summed E-state index contributed by atoms with van der Waals surface area (Å²) >= 11 is 0. The maximum atomic E-state index is 10.1. The number of piperidine rings is 1. The van der Waals surface area contributed by atoms with E-state index >= 15 is 0 Å². The predicted octanol–water partition coefficient (Wildman–Crippen LogP) is 2.01. The molecule has 0 aromatic heterocycles. The molecule has 1 aromatic carbocycles. The van der Waals surface area contributed by atoms with Crippen LogP contribution in [0.3, 0.4) is 0 Å². The number of β-amino-alcohol motifs (C(OH)–C–C–N with tert-alkyl or cyclic N) is 2. The summed E-state index contributed by atoms with van der Waals surface area (Å²) in [5.74, 6) is 1.25. The van der Waals surface area contributed by atoms with E-state index in [-0.39, 0.29) is 12.7 Å². The lowest BCUT2D eigenvalue weighted by Crippen LogP contribution is -2.43. The zero-order chi connectivity index (χ0) is 15.2. The highest BCUT2D eigenvalue weighted by molar-refractivity contribution is 5.35. The van der Waals surface area contributed by atoms with Crippen LogP contribution >= 0.6 is 0 Å². The van der Waals surface area contributed by atoms with Crippen LogP contribution in [0, 0.1) is 0 Å². The average molecular weight is 293 g/mol. The van der Waals surface area contributed by atoms with Gasteiger partial charge in [-0.15, -0.1) is 0 Å². The summed E-state index contributed by atoms with van der Waals surface area (Å²) in [7, 11) is 0. The number of aliphatic hydroxyl groups is 2. The van der Waals surface area contributed by atoms with Gasteiger partial charge in [0.2, 0.25) is 0 Å². The van der Waals surface area contributed by atoms with Gasteiger partial charge in [-0.25, -0.2) is 0 Å². The van der Waals surface area contributed by atoms with E-state index in [0.29, 0.717) is 19.0 Å². The molecule has 0 bridgehead atoms. The molecule has 118 valence electrons. The summed E-state index contributed by atoms with van der Waals surface area (Å²) < 4.78 is 5.79. The van der Waals surface area contributed by atoms with Gasteiger partial charge in [0.1, 0.15) is 18.5 Å². The lowest BCUT2D eigenvalue weighted by molar-refractivity contribution is 0.0241. The van der Waals surface area contributed by atoms with Crippen molar-refractivity contribution in [2.75, 3.05) is 26.2 Å². The van der Waals surface area contributed by atoms with Gasteiger partial charge in [-0.1, -0.05) is 32.0 Å². The summed E-state index contributed by atoms with van der Waals surface area (Å²) in [5, 5.41) is 19.8. The summed E-state index contributed by atoms with van der Waals surface area (Å²) in [6.07, 6.45) is 1.07. The highest BCUT2D eigenvalue weighted by Gasteiger charge is 2.20. The highest BCUT2D eigenvalue weighted by Crippen LogP contribution is 2.25. The maximum Gasteiger partial charge on any atom is 0.122 e. The Morgan fingerprint density at radius 1 is 1.33 bits per heavy atom.